The molecular weight excluding hydrogens is 228 g/mol. The summed E-state index contributed by atoms with van der Waals surface area (Å²) in [4.78, 5) is 23.7. The fraction of sp³-hybridized carbons (Fsp3) is 0.286. The molecule has 1 aliphatic rings. The van der Waals surface area contributed by atoms with Crippen LogP contribution in [-0.4, -0.2) is 16.3 Å². The van der Waals surface area contributed by atoms with Gasteiger partial charge in [0.1, 0.15) is 5.69 Å². The summed E-state index contributed by atoms with van der Waals surface area (Å²) in [6.07, 6.45) is 2.04. The van der Waals surface area contributed by atoms with Gasteiger partial charge in [-0.05, 0) is 24.5 Å². The maximum Gasteiger partial charge on any atom is 0.265 e. The zero-order chi connectivity index (χ0) is 12.9. The van der Waals surface area contributed by atoms with Gasteiger partial charge in [0.2, 0.25) is 0 Å². The summed E-state index contributed by atoms with van der Waals surface area (Å²) < 4.78 is 1.80. The van der Waals surface area contributed by atoms with Crippen LogP contribution in [0.4, 0.5) is 0 Å². The van der Waals surface area contributed by atoms with Crippen molar-refractivity contribution in [3.63, 3.8) is 0 Å². The molecule has 1 aromatic heterocycles. The molecule has 18 heavy (non-hydrogen) atoms. The van der Waals surface area contributed by atoms with E-state index in [1.54, 1.807) is 4.57 Å². The third-order valence-corrected chi connectivity index (χ3v) is 3.69. The number of aryl methyl sites for hydroxylation is 2. The average Bonchev–Trinajstić information content (AvgIpc) is 2.51. The van der Waals surface area contributed by atoms with Gasteiger partial charge in [0, 0.05) is 29.9 Å². The van der Waals surface area contributed by atoms with E-state index in [0.29, 0.717) is 12.1 Å². The average molecular weight is 242 g/mol. The van der Waals surface area contributed by atoms with Crippen molar-refractivity contribution in [2.24, 2.45) is 12.8 Å². The molecule has 1 aromatic carbocycles. The van der Waals surface area contributed by atoms with Crippen molar-refractivity contribution in [1.29, 1.82) is 0 Å². The van der Waals surface area contributed by atoms with E-state index >= 15 is 0 Å². The second kappa shape index (κ2) is 3.70. The molecule has 1 aliphatic carbocycles. The van der Waals surface area contributed by atoms with Gasteiger partial charge in [-0.2, -0.15) is 0 Å². The van der Waals surface area contributed by atoms with Crippen molar-refractivity contribution in [3.8, 4) is 0 Å². The first kappa shape index (κ1) is 11.0. The van der Waals surface area contributed by atoms with Crippen molar-refractivity contribution >= 4 is 22.6 Å². The van der Waals surface area contributed by atoms with Gasteiger partial charge in [-0.3, -0.25) is 9.59 Å². The number of primary amides is 1. The van der Waals surface area contributed by atoms with Crippen molar-refractivity contribution in [2.45, 2.75) is 19.3 Å². The topological polar surface area (TPSA) is 65.1 Å². The van der Waals surface area contributed by atoms with E-state index in [9.17, 15) is 9.59 Å². The highest BCUT2D eigenvalue weighted by Crippen LogP contribution is 2.32. The van der Waals surface area contributed by atoms with E-state index in [1.807, 2.05) is 25.2 Å². The molecule has 1 heterocycles. The van der Waals surface area contributed by atoms with Crippen LogP contribution in [0.3, 0.4) is 0 Å². The molecule has 0 aliphatic heterocycles. The van der Waals surface area contributed by atoms with E-state index in [0.717, 1.165) is 34.9 Å². The zero-order valence-corrected chi connectivity index (χ0v) is 10.2. The summed E-state index contributed by atoms with van der Waals surface area (Å²) >= 11 is 0. The molecular formula is C14H14N2O2. The van der Waals surface area contributed by atoms with Crippen LogP contribution in [-0.2, 0) is 13.5 Å². The van der Waals surface area contributed by atoms with Gasteiger partial charge in [-0.25, -0.2) is 0 Å². The molecule has 4 heteroatoms. The molecule has 1 amide bonds. The number of hydrogen-bond acceptors (Lipinski definition) is 2. The normalized spacial score (nSPS) is 14.8. The number of ketones is 1. The second-order valence-corrected chi connectivity index (χ2v) is 4.73. The van der Waals surface area contributed by atoms with E-state index in [1.165, 1.54) is 0 Å². The Bertz CT molecular complexity index is 683. The first-order chi connectivity index (χ1) is 8.61. The van der Waals surface area contributed by atoms with Crippen LogP contribution in [0.5, 0.6) is 0 Å². The minimum atomic E-state index is -0.427. The lowest BCUT2D eigenvalue weighted by Gasteiger charge is -2.03. The molecule has 0 atom stereocenters. The van der Waals surface area contributed by atoms with Gasteiger partial charge in [0.05, 0.1) is 0 Å². The number of nitrogens with two attached hydrogens (primary N) is 1. The Kier molecular flexibility index (Phi) is 2.26. The van der Waals surface area contributed by atoms with E-state index < -0.39 is 5.91 Å². The molecule has 0 radical (unpaired) electrons. The van der Waals surface area contributed by atoms with Crippen LogP contribution < -0.4 is 5.73 Å². The highest BCUT2D eigenvalue weighted by molar-refractivity contribution is 6.12. The Morgan fingerprint density at radius 3 is 2.83 bits per heavy atom. The summed E-state index contributed by atoms with van der Waals surface area (Å²) in [7, 11) is 1.82. The number of amides is 1. The minimum absolute atomic E-state index is 0.154. The Labute approximate surface area is 104 Å². The van der Waals surface area contributed by atoms with E-state index in [2.05, 4.69) is 0 Å². The molecule has 0 fully saturated rings. The maximum absolute atomic E-state index is 12.1. The number of carbonyl (C=O) groups excluding carboxylic acids is 2. The Morgan fingerprint density at radius 2 is 2.11 bits per heavy atom. The smallest absolute Gasteiger partial charge is 0.265 e. The zero-order valence-electron chi connectivity index (χ0n) is 10.2. The van der Waals surface area contributed by atoms with Gasteiger partial charge in [-0.15, -0.1) is 0 Å². The monoisotopic (exact) mass is 242 g/mol. The molecule has 92 valence electrons. The van der Waals surface area contributed by atoms with Crippen LogP contribution in [0.15, 0.2) is 18.2 Å². The molecule has 2 aromatic rings. The summed E-state index contributed by atoms with van der Waals surface area (Å²) in [5.74, 6) is -0.273. The summed E-state index contributed by atoms with van der Waals surface area (Å²) in [6.45, 7) is 0. The SMILES string of the molecule is Cn1c(C(N)=O)c2c3c(cccc31)C(=O)CCC2. The first-order valence-electron chi connectivity index (χ1n) is 6.04. The predicted molar refractivity (Wildman–Crippen MR) is 68.7 cm³/mol. The van der Waals surface area contributed by atoms with Crippen molar-refractivity contribution in [1.82, 2.24) is 4.57 Å². The third-order valence-electron chi connectivity index (χ3n) is 3.69. The highest BCUT2D eigenvalue weighted by Gasteiger charge is 2.25. The lowest BCUT2D eigenvalue weighted by molar-refractivity contribution is 0.0980. The van der Waals surface area contributed by atoms with E-state index in [-0.39, 0.29) is 5.78 Å². The predicted octanol–water partition coefficient (Wildman–Crippen LogP) is 1.80. The third kappa shape index (κ3) is 1.32. The Balaban J connectivity index is 2.50. The number of benzene rings is 1. The van der Waals surface area contributed by atoms with Crippen molar-refractivity contribution in [2.75, 3.05) is 0 Å². The molecule has 0 unspecified atom stereocenters. The fourth-order valence-electron chi connectivity index (χ4n) is 2.93. The quantitative estimate of drug-likeness (QED) is 0.828. The molecule has 4 nitrogen and oxygen atoms in total. The molecule has 0 saturated heterocycles. The molecule has 2 N–H and O–H groups in total. The van der Waals surface area contributed by atoms with Gasteiger partial charge in [-0.1, -0.05) is 12.1 Å². The largest absolute Gasteiger partial charge is 0.364 e. The van der Waals surface area contributed by atoms with Crippen LogP contribution in [0.1, 0.15) is 39.3 Å². The molecule has 0 bridgehead atoms. The van der Waals surface area contributed by atoms with Gasteiger partial charge in [0.15, 0.2) is 5.78 Å². The lowest BCUT2D eigenvalue weighted by atomic mass is 10.0. The van der Waals surface area contributed by atoms with Crippen molar-refractivity contribution < 1.29 is 9.59 Å². The van der Waals surface area contributed by atoms with Gasteiger partial charge >= 0.3 is 0 Å². The lowest BCUT2D eigenvalue weighted by Crippen LogP contribution is -2.17. The van der Waals surface area contributed by atoms with Crippen LogP contribution in [0.25, 0.3) is 10.9 Å². The number of carbonyl (C=O) groups is 2. The summed E-state index contributed by atoms with van der Waals surface area (Å²) in [6, 6.07) is 5.62. The first-order valence-corrected chi connectivity index (χ1v) is 6.04. The highest BCUT2D eigenvalue weighted by atomic mass is 16.1. The number of hydrogen-bond donors (Lipinski definition) is 1. The van der Waals surface area contributed by atoms with Crippen LogP contribution >= 0.6 is 0 Å². The Morgan fingerprint density at radius 1 is 1.33 bits per heavy atom. The van der Waals surface area contributed by atoms with Gasteiger partial charge in [0.25, 0.3) is 5.91 Å². The number of rotatable bonds is 1. The molecule has 0 spiro atoms. The fourth-order valence-corrected chi connectivity index (χ4v) is 2.93. The molecule has 0 saturated carbocycles. The van der Waals surface area contributed by atoms with Crippen molar-refractivity contribution in [3.05, 3.63) is 35.0 Å². The van der Waals surface area contributed by atoms with Crippen LogP contribution in [0, 0.1) is 0 Å². The second-order valence-electron chi connectivity index (χ2n) is 4.73. The van der Waals surface area contributed by atoms with Gasteiger partial charge < -0.3 is 10.3 Å². The number of Topliss-reactive ketones (excluding diaryl/α,β-unsaturated/α-hetero) is 1. The minimum Gasteiger partial charge on any atom is -0.364 e. The number of aromatic nitrogens is 1. The standard InChI is InChI=1S/C14H14N2O2/c1-16-10-6-2-4-8-11(17)7-3-5-9(12(8)10)13(16)14(15)18/h2,4,6H,3,5,7H2,1H3,(H2,15,18). The summed E-state index contributed by atoms with van der Waals surface area (Å²) in [5.41, 5.74) is 8.57. The number of nitrogens with zero attached hydrogens (tertiary/aromatic N) is 1. The summed E-state index contributed by atoms with van der Waals surface area (Å²) in [5, 5.41) is 0.913. The van der Waals surface area contributed by atoms with Crippen LogP contribution in [0.2, 0.25) is 0 Å². The molecule has 3 rings (SSSR count). The maximum atomic E-state index is 12.1. The van der Waals surface area contributed by atoms with E-state index in [4.69, 9.17) is 5.73 Å². The Hall–Kier alpha value is -2.10.